The molecule has 7 nitrogen and oxygen atoms in total. The first kappa shape index (κ1) is 19.5. The smallest absolute Gasteiger partial charge is 0.224 e. The fourth-order valence-electron chi connectivity index (χ4n) is 3.02. The van der Waals surface area contributed by atoms with E-state index in [9.17, 15) is 9.90 Å². The zero-order valence-electron chi connectivity index (χ0n) is 15.2. The van der Waals surface area contributed by atoms with Gasteiger partial charge in [0.2, 0.25) is 5.91 Å². The predicted molar refractivity (Wildman–Crippen MR) is 95.0 cm³/mol. The van der Waals surface area contributed by atoms with Gasteiger partial charge in [-0.2, -0.15) is 0 Å². The number of aliphatic hydroxyl groups is 1. The number of amides is 1. The predicted octanol–water partition coefficient (Wildman–Crippen LogP) is 0.888. The van der Waals surface area contributed by atoms with Gasteiger partial charge in [-0.1, -0.05) is 0 Å². The van der Waals surface area contributed by atoms with Crippen molar-refractivity contribution in [2.75, 3.05) is 59.1 Å². The Bertz CT molecular complexity index is 566. The van der Waals surface area contributed by atoms with E-state index >= 15 is 0 Å². The van der Waals surface area contributed by atoms with Crippen LogP contribution in [-0.4, -0.2) is 76.2 Å². The second-order valence-corrected chi connectivity index (χ2v) is 6.11. The zero-order valence-corrected chi connectivity index (χ0v) is 15.2. The number of hydrogen-bond donors (Lipinski definition) is 1. The highest BCUT2D eigenvalue weighted by Gasteiger charge is 2.24. The van der Waals surface area contributed by atoms with E-state index < -0.39 is 6.10 Å². The van der Waals surface area contributed by atoms with E-state index in [2.05, 4.69) is 0 Å². The summed E-state index contributed by atoms with van der Waals surface area (Å²) in [5, 5.41) is 10.1. The van der Waals surface area contributed by atoms with Crippen LogP contribution in [0.1, 0.15) is 12.0 Å². The lowest BCUT2D eigenvalue weighted by Crippen LogP contribution is -2.42. The molecule has 7 heteroatoms. The molecule has 1 aromatic carbocycles. The molecule has 25 heavy (non-hydrogen) atoms. The molecule has 0 spiro atoms. The van der Waals surface area contributed by atoms with Gasteiger partial charge in [-0.3, -0.25) is 4.79 Å². The van der Waals surface area contributed by atoms with Crippen LogP contribution >= 0.6 is 0 Å². The maximum absolute atomic E-state index is 12.5. The first-order valence-electron chi connectivity index (χ1n) is 8.44. The largest absolute Gasteiger partial charge is 0.497 e. The van der Waals surface area contributed by atoms with Crippen molar-refractivity contribution in [3.8, 4) is 5.75 Å². The highest BCUT2D eigenvalue weighted by molar-refractivity contribution is 5.78. The molecule has 140 valence electrons. The van der Waals surface area contributed by atoms with Crippen molar-refractivity contribution in [1.29, 1.82) is 0 Å². The Labute approximate surface area is 149 Å². The lowest BCUT2D eigenvalue weighted by atomic mass is 10.1. The topological polar surface area (TPSA) is 71.5 Å². The second-order valence-electron chi connectivity index (χ2n) is 6.11. The molecule has 0 saturated heterocycles. The highest BCUT2D eigenvalue weighted by Crippen LogP contribution is 2.29. The third-order valence-electron chi connectivity index (χ3n) is 4.29. The van der Waals surface area contributed by atoms with Crippen LogP contribution in [0.4, 0.5) is 5.69 Å². The Morgan fingerprint density at radius 1 is 1.20 bits per heavy atom. The summed E-state index contributed by atoms with van der Waals surface area (Å²) >= 11 is 0. The van der Waals surface area contributed by atoms with Crippen LogP contribution in [0, 0.1) is 0 Å². The molecule has 0 bridgehead atoms. The molecular weight excluding hydrogens is 324 g/mol. The van der Waals surface area contributed by atoms with E-state index in [0.717, 1.165) is 17.0 Å². The number of carbonyl (C=O) groups is 1. The number of anilines is 1. The van der Waals surface area contributed by atoms with Crippen molar-refractivity contribution in [3.05, 3.63) is 23.8 Å². The van der Waals surface area contributed by atoms with Crippen LogP contribution in [0.15, 0.2) is 18.2 Å². The third kappa shape index (κ3) is 5.32. The number of methoxy groups -OCH3 is 3. The molecule has 0 aliphatic carbocycles. The van der Waals surface area contributed by atoms with E-state index in [4.69, 9.17) is 14.2 Å². The van der Waals surface area contributed by atoms with Gasteiger partial charge in [0.1, 0.15) is 5.75 Å². The molecule has 1 unspecified atom stereocenters. The number of hydrogen-bond acceptors (Lipinski definition) is 6. The molecule has 1 aliphatic rings. The van der Waals surface area contributed by atoms with Crippen molar-refractivity contribution in [1.82, 2.24) is 4.90 Å². The van der Waals surface area contributed by atoms with Crippen molar-refractivity contribution >= 4 is 11.6 Å². The second kappa shape index (κ2) is 9.60. The van der Waals surface area contributed by atoms with Crippen LogP contribution in [0.3, 0.4) is 0 Å². The fourth-order valence-corrected chi connectivity index (χ4v) is 3.02. The summed E-state index contributed by atoms with van der Waals surface area (Å²) in [4.78, 5) is 16.4. The van der Waals surface area contributed by atoms with Gasteiger partial charge in [-0.25, -0.2) is 0 Å². The third-order valence-corrected chi connectivity index (χ3v) is 4.29. The van der Waals surface area contributed by atoms with Gasteiger partial charge < -0.3 is 29.1 Å². The quantitative estimate of drug-likeness (QED) is 0.749. The van der Waals surface area contributed by atoms with E-state index in [1.165, 1.54) is 0 Å². The highest BCUT2D eigenvalue weighted by atomic mass is 16.5. The molecule has 0 saturated carbocycles. The van der Waals surface area contributed by atoms with Gasteiger partial charge in [-0.15, -0.1) is 0 Å². The number of rotatable bonds is 8. The van der Waals surface area contributed by atoms with E-state index in [1.54, 1.807) is 21.3 Å². The first-order chi connectivity index (χ1) is 12.1. The standard InChI is InChI=1S/C18H28N2O5/c1-23-9-8-20-11-14-10-16(25-3)4-5-17(14)19(7-6-18(20)22)12-15(21)13-24-2/h4-5,10,15,21H,6-9,11-13H2,1-3H3. The van der Waals surface area contributed by atoms with Crippen molar-refractivity contribution in [3.63, 3.8) is 0 Å². The summed E-state index contributed by atoms with van der Waals surface area (Å²) in [6, 6.07) is 5.83. The fraction of sp³-hybridized carbons (Fsp3) is 0.611. The number of aliphatic hydroxyl groups excluding tert-OH is 1. The lowest BCUT2D eigenvalue weighted by molar-refractivity contribution is -0.132. The van der Waals surface area contributed by atoms with Crippen LogP contribution in [-0.2, 0) is 20.8 Å². The number of benzene rings is 1. The minimum atomic E-state index is -0.612. The Morgan fingerprint density at radius 3 is 2.68 bits per heavy atom. The summed E-state index contributed by atoms with van der Waals surface area (Å²) in [5.74, 6) is 0.826. The molecule has 0 aromatic heterocycles. The molecule has 0 radical (unpaired) electrons. The van der Waals surface area contributed by atoms with E-state index in [-0.39, 0.29) is 12.5 Å². The Kier molecular flexibility index (Phi) is 7.49. The van der Waals surface area contributed by atoms with Crippen molar-refractivity contribution in [2.45, 2.75) is 19.1 Å². The maximum atomic E-state index is 12.5. The monoisotopic (exact) mass is 352 g/mol. The zero-order chi connectivity index (χ0) is 18.2. The Hall–Kier alpha value is -1.83. The minimum absolute atomic E-state index is 0.0803. The van der Waals surface area contributed by atoms with Crippen LogP contribution < -0.4 is 9.64 Å². The molecular formula is C18H28N2O5. The van der Waals surface area contributed by atoms with Crippen LogP contribution in [0.2, 0.25) is 0 Å². The van der Waals surface area contributed by atoms with Crippen molar-refractivity contribution < 1.29 is 24.1 Å². The Morgan fingerprint density at radius 2 is 2.00 bits per heavy atom. The molecule has 1 aromatic rings. The van der Waals surface area contributed by atoms with Gasteiger partial charge in [0, 0.05) is 52.5 Å². The lowest BCUT2D eigenvalue weighted by Gasteiger charge is -2.34. The maximum Gasteiger partial charge on any atom is 0.224 e. The van der Waals surface area contributed by atoms with Crippen molar-refractivity contribution in [2.24, 2.45) is 0 Å². The van der Waals surface area contributed by atoms with Crippen LogP contribution in [0.25, 0.3) is 0 Å². The normalized spacial score (nSPS) is 16.2. The molecule has 1 amide bonds. The van der Waals surface area contributed by atoms with Gasteiger partial charge in [-0.05, 0) is 23.8 Å². The number of nitrogens with zero attached hydrogens (tertiary/aromatic N) is 2. The summed E-state index contributed by atoms with van der Waals surface area (Å²) in [5.41, 5.74) is 2.00. The number of ether oxygens (including phenoxy) is 3. The number of carbonyl (C=O) groups excluding carboxylic acids is 1. The van der Waals surface area contributed by atoms with Gasteiger partial charge in [0.25, 0.3) is 0 Å². The SMILES string of the molecule is COCCN1Cc2cc(OC)ccc2N(CC(O)COC)CCC1=O. The number of fused-ring (bicyclic) bond motifs is 1. The molecule has 1 N–H and O–H groups in total. The minimum Gasteiger partial charge on any atom is -0.497 e. The molecule has 0 fully saturated rings. The van der Waals surface area contributed by atoms with E-state index in [0.29, 0.717) is 39.2 Å². The molecule has 1 heterocycles. The van der Waals surface area contributed by atoms with Gasteiger partial charge >= 0.3 is 0 Å². The summed E-state index contributed by atoms with van der Waals surface area (Å²) in [6.45, 7) is 2.77. The first-order valence-corrected chi connectivity index (χ1v) is 8.44. The van der Waals surface area contributed by atoms with Gasteiger partial charge in [0.15, 0.2) is 0 Å². The average molecular weight is 352 g/mol. The average Bonchev–Trinajstić information content (AvgIpc) is 2.60. The molecule has 1 aliphatic heterocycles. The van der Waals surface area contributed by atoms with E-state index in [1.807, 2.05) is 28.0 Å². The van der Waals surface area contributed by atoms with Crippen LogP contribution in [0.5, 0.6) is 5.75 Å². The summed E-state index contributed by atoms with van der Waals surface area (Å²) < 4.78 is 15.5. The molecule has 1 atom stereocenters. The summed E-state index contributed by atoms with van der Waals surface area (Å²) in [6.07, 6.45) is -0.214. The summed E-state index contributed by atoms with van der Waals surface area (Å²) in [7, 11) is 4.82. The Balaban J connectivity index is 2.29. The molecule has 2 rings (SSSR count). The number of β-amino-alcohol motifs (C(OH)–C–C–N with tert-alkyl or cyclic N) is 1. The van der Waals surface area contributed by atoms with Gasteiger partial charge in [0.05, 0.1) is 26.4 Å².